The van der Waals surface area contributed by atoms with Crippen LogP contribution in [0.2, 0.25) is 0 Å². The van der Waals surface area contributed by atoms with Crippen LogP contribution in [0.25, 0.3) is 0 Å². The van der Waals surface area contributed by atoms with E-state index in [9.17, 15) is 14.7 Å². The number of esters is 1. The summed E-state index contributed by atoms with van der Waals surface area (Å²) in [7, 11) is 0. The van der Waals surface area contributed by atoms with E-state index >= 15 is 0 Å². The van der Waals surface area contributed by atoms with Gasteiger partial charge in [0.05, 0.1) is 12.2 Å². The molecule has 1 aromatic heterocycles. The maximum atomic E-state index is 12.2. The largest absolute Gasteiger partial charge is 0.458 e. The molecule has 0 aliphatic heterocycles. The zero-order valence-corrected chi connectivity index (χ0v) is 14.0. The molecule has 1 unspecified atom stereocenters. The predicted molar refractivity (Wildman–Crippen MR) is 80.9 cm³/mol. The standard InChI is InChI=1S/C14H19BrN2O4/c1-8-5-6-16-11(15)10(8)12(19)17-9(7-18)13(20)21-14(2,3)4/h5-6,9,18H,7H2,1-4H3,(H,17,19). The lowest BCUT2D eigenvalue weighted by Crippen LogP contribution is -2.46. The summed E-state index contributed by atoms with van der Waals surface area (Å²) in [5.74, 6) is -1.19. The normalized spacial score (nSPS) is 12.7. The molecule has 0 fully saturated rings. The molecule has 1 atom stereocenters. The van der Waals surface area contributed by atoms with Gasteiger partial charge < -0.3 is 15.2 Å². The smallest absolute Gasteiger partial charge is 0.331 e. The molecule has 1 heterocycles. The summed E-state index contributed by atoms with van der Waals surface area (Å²) in [6.07, 6.45) is 1.56. The number of nitrogens with one attached hydrogen (secondary N) is 1. The minimum atomic E-state index is -1.12. The molecule has 1 rings (SSSR count). The van der Waals surface area contributed by atoms with Crippen molar-refractivity contribution in [2.75, 3.05) is 6.61 Å². The van der Waals surface area contributed by atoms with E-state index in [1.807, 2.05) is 0 Å². The number of hydrogen-bond donors (Lipinski definition) is 2. The minimum absolute atomic E-state index is 0.319. The number of ether oxygens (including phenoxy) is 1. The number of halogens is 1. The molecule has 0 saturated heterocycles. The molecule has 0 aliphatic rings. The number of carbonyl (C=O) groups excluding carboxylic acids is 2. The van der Waals surface area contributed by atoms with Crippen LogP contribution in [0.3, 0.4) is 0 Å². The zero-order chi connectivity index (χ0) is 16.2. The zero-order valence-electron chi connectivity index (χ0n) is 12.4. The molecular formula is C14H19BrN2O4. The van der Waals surface area contributed by atoms with Crippen molar-refractivity contribution in [2.45, 2.75) is 39.3 Å². The van der Waals surface area contributed by atoms with Gasteiger partial charge in [0.1, 0.15) is 10.2 Å². The minimum Gasteiger partial charge on any atom is -0.458 e. The van der Waals surface area contributed by atoms with Crippen molar-refractivity contribution >= 4 is 27.8 Å². The number of aryl methyl sites for hydroxylation is 1. The lowest BCUT2D eigenvalue weighted by atomic mass is 10.1. The van der Waals surface area contributed by atoms with Crippen molar-refractivity contribution in [3.05, 3.63) is 28.0 Å². The van der Waals surface area contributed by atoms with Crippen molar-refractivity contribution in [3.8, 4) is 0 Å². The Kier molecular flexibility index (Phi) is 5.86. The van der Waals surface area contributed by atoms with E-state index in [0.29, 0.717) is 15.7 Å². The van der Waals surface area contributed by atoms with E-state index in [2.05, 4.69) is 26.2 Å². The molecule has 1 aromatic rings. The van der Waals surface area contributed by atoms with Crippen LogP contribution in [0.1, 0.15) is 36.7 Å². The van der Waals surface area contributed by atoms with E-state index < -0.39 is 30.1 Å². The molecule has 7 heteroatoms. The van der Waals surface area contributed by atoms with Gasteiger partial charge in [0.15, 0.2) is 6.04 Å². The van der Waals surface area contributed by atoms with Crippen LogP contribution >= 0.6 is 15.9 Å². The first-order valence-electron chi connectivity index (χ1n) is 6.41. The van der Waals surface area contributed by atoms with Gasteiger partial charge in [0.2, 0.25) is 0 Å². The maximum absolute atomic E-state index is 12.2. The number of carbonyl (C=O) groups is 2. The SMILES string of the molecule is Cc1ccnc(Br)c1C(=O)NC(CO)C(=O)OC(C)(C)C. The van der Waals surface area contributed by atoms with Crippen molar-refractivity contribution in [1.29, 1.82) is 0 Å². The van der Waals surface area contributed by atoms with Crippen molar-refractivity contribution < 1.29 is 19.4 Å². The van der Waals surface area contributed by atoms with Crippen molar-refractivity contribution in [3.63, 3.8) is 0 Å². The van der Waals surface area contributed by atoms with Gasteiger partial charge in [-0.25, -0.2) is 9.78 Å². The van der Waals surface area contributed by atoms with Gasteiger partial charge in [-0.15, -0.1) is 0 Å². The number of aliphatic hydroxyl groups is 1. The fourth-order valence-electron chi connectivity index (χ4n) is 1.58. The van der Waals surface area contributed by atoms with Gasteiger partial charge in [-0.3, -0.25) is 4.79 Å². The number of pyridine rings is 1. The second-order valence-corrected chi connectivity index (χ2v) is 6.29. The summed E-state index contributed by atoms with van der Waals surface area (Å²) in [5, 5.41) is 11.7. The molecule has 0 bridgehead atoms. The van der Waals surface area contributed by atoms with Crippen LogP contribution in [0.5, 0.6) is 0 Å². The number of amides is 1. The highest BCUT2D eigenvalue weighted by atomic mass is 79.9. The molecule has 0 aromatic carbocycles. The number of aliphatic hydroxyl groups excluding tert-OH is 1. The van der Waals surface area contributed by atoms with Gasteiger partial charge in [-0.05, 0) is 55.3 Å². The number of rotatable bonds is 4. The summed E-state index contributed by atoms with van der Waals surface area (Å²) in [4.78, 5) is 28.1. The molecule has 21 heavy (non-hydrogen) atoms. The summed E-state index contributed by atoms with van der Waals surface area (Å²) < 4.78 is 5.52. The van der Waals surface area contributed by atoms with Crippen LogP contribution in [-0.2, 0) is 9.53 Å². The summed E-state index contributed by atoms with van der Waals surface area (Å²) >= 11 is 3.19. The monoisotopic (exact) mass is 358 g/mol. The van der Waals surface area contributed by atoms with E-state index in [1.54, 1.807) is 40.0 Å². The molecule has 0 spiro atoms. The number of hydrogen-bond acceptors (Lipinski definition) is 5. The fraction of sp³-hybridized carbons (Fsp3) is 0.500. The second-order valence-electron chi connectivity index (χ2n) is 5.54. The van der Waals surface area contributed by atoms with Gasteiger partial charge >= 0.3 is 5.97 Å². The maximum Gasteiger partial charge on any atom is 0.331 e. The Morgan fingerprint density at radius 1 is 1.48 bits per heavy atom. The van der Waals surface area contributed by atoms with Gasteiger partial charge in [0.25, 0.3) is 5.91 Å². The lowest BCUT2D eigenvalue weighted by molar-refractivity contribution is -0.158. The van der Waals surface area contributed by atoms with Crippen molar-refractivity contribution in [2.24, 2.45) is 0 Å². The Labute approximate surface area is 132 Å². The Hall–Kier alpha value is -1.47. The molecule has 0 radical (unpaired) electrons. The average molecular weight is 359 g/mol. The molecule has 0 aliphatic carbocycles. The quantitative estimate of drug-likeness (QED) is 0.630. The third-order valence-electron chi connectivity index (χ3n) is 2.52. The van der Waals surface area contributed by atoms with Crippen LogP contribution < -0.4 is 5.32 Å². The highest BCUT2D eigenvalue weighted by molar-refractivity contribution is 9.10. The third-order valence-corrected chi connectivity index (χ3v) is 3.12. The first-order chi connectivity index (χ1) is 9.65. The number of aromatic nitrogens is 1. The van der Waals surface area contributed by atoms with E-state index in [1.165, 1.54) is 0 Å². The molecule has 0 saturated carbocycles. The van der Waals surface area contributed by atoms with Crippen LogP contribution in [0.15, 0.2) is 16.9 Å². The molecule has 116 valence electrons. The lowest BCUT2D eigenvalue weighted by Gasteiger charge is -2.23. The highest BCUT2D eigenvalue weighted by Gasteiger charge is 2.27. The summed E-state index contributed by atoms with van der Waals surface area (Å²) in [6.45, 7) is 6.34. The fourth-order valence-corrected chi connectivity index (χ4v) is 2.19. The molecule has 1 amide bonds. The third kappa shape index (κ3) is 5.09. The Morgan fingerprint density at radius 3 is 2.57 bits per heavy atom. The molecule has 2 N–H and O–H groups in total. The van der Waals surface area contributed by atoms with Gasteiger partial charge in [-0.1, -0.05) is 0 Å². The Morgan fingerprint density at radius 2 is 2.10 bits per heavy atom. The molecular weight excluding hydrogens is 340 g/mol. The van der Waals surface area contributed by atoms with E-state index in [0.717, 1.165) is 0 Å². The van der Waals surface area contributed by atoms with Crippen molar-refractivity contribution in [1.82, 2.24) is 10.3 Å². The van der Waals surface area contributed by atoms with E-state index in [-0.39, 0.29) is 0 Å². The van der Waals surface area contributed by atoms with Crippen LogP contribution in [0, 0.1) is 6.92 Å². The average Bonchev–Trinajstić information content (AvgIpc) is 2.33. The van der Waals surface area contributed by atoms with Gasteiger partial charge in [0, 0.05) is 6.20 Å². The Balaban J connectivity index is 2.87. The topological polar surface area (TPSA) is 88.5 Å². The van der Waals surface area contributed by atoms with E-state index in [4.69, 9.17) is 4.74 Å². The van der Waals surface area contributed by atoms with Crippen LogP contribution in [-0.4, -0.2) is 40.2 Å². The van der Waals surface area contributed by atoms with Crippen LogP contribution in [0.4, 0.5) is 0 Å². The Bertz CT molecular complexity index is 520. The first-order valence-corrected chi connectivity index (χ1v) is 7.20. The summed E-state index contributed by atoms with van der Waals surface area (Å²) in [5.41, 5.74) is 0.329. The predicted octanol–water partition coefficient (Wildman–Crippen LogP) is 1.58. The second kappa shape index (κ2) is 7.00. The summed E-state index contributed by atoms with van der Waals surface area (Å²) in [6, 6.07) is 0.560. The number of nitrogens with zero attached hydrogens (tertiary/aromatic N) is 1. The first kappa shape index (κ1) is 17.6. The van der Waals surface area contributed by atoms with Gasteiger partial charge in [-0.2, -0.15) is 0 Å². The molecule has 6 nitrogen and oxygen atoms in total. The highest BCUT2D eigenvalue weighted by Crippen LogP contribution is 2.17.